The quantitative estimate of drug-likeness (QED) is 0.0311. The molecule has 0 fully saturated rings. The number of hydrogen-bond acceptors (Lipinski definition) is 7. The van der Waals surface area contributed by atoms with Crippen LogP contribution >= 0.6 is 7.82 Å². The monoisotopic (exact) mass is 706 g/mol. The minimum atomic E-state index is -4.28. The van der Waals surface area contributed by atoms with Gasteiger partial charge in [0.05, 0.1) is 6.61 Å². The van der Waals surface area contributed by atoms with Gasteiger partial charge in [0.25, 0.3) is 0 Å². The first-order valence-electron chi connectivity index (χ1n) is 18.6. The third-order valence-corrected chi connectivity index (χ3v) is 8.38. The van der Waals surface area contributed by atoms with Gasteiger partial charge < -0.3 is 14.4 Å². The first kappa shape index (κ1) is 46.5. The van der Waals surface area contributed by atoms with E-state index in [4.69, 9.17) is 14.0 Å². The Morgan fingerprint density at radius 1 is 0.592 bits per heavy atom. The number of unbranched alkanes of at least 4 members (excludes halogenated alkanes) is 10. The Bertz CT molecular complexity index is 1030. The molecule has 1 N–H and O–H groups in total. The molecular formula is C40H67O8P. The van der Waals surface area contributed by atoms with Crippen molar-refractivity contribution in [2.24, 2.45) is 0 Å². The molecule has 0 heterocycles. The van der Waals surface area contributed by atoms with Crippen LogP contribution in [0.25, 0.3) is 0 Å². The summed E-state index contributed by atoms with van der Waals surface area (Å²) in [4.78, 5) is 34.3. The molecule has 0 spiro atoms. The van der Waals surface area contributed by atoms with Crippen LogP contribution in [-0.4, -0.2) is 43.3 Å². The van der Waals surface area contributed by atoms with Crippen molar-refractivity contribution in [2.45, 2.75) is 148 Å². The number of phosphoric acid groups is 1. The smallest absolute Gasteiger partial charge is 0.462 e. The van der Waals surface area contributed by atoms with Gasteiger partial charge in [0.1, 0.15) is 6.61 Å². The standard InChI is InChI=1S/C40H67O8P/c1-4-6-8-10-12-14-16-18-19-20-21-23-24-26-28-30-32-34-39(41)46-36-38(37-47-49(43,44)45-3)48-40(42)35-33-31-29-27-25-22-17-15-13-11-9-7-5-2/h7,9,12-15,18-19,22,25,29,31,38H,4-6,8,10-11,16-17,20-21,23-24,26-28,30,32-37H2,1-3H3,(H,43,44)/b9-7-,14-12-,15-13-,19-18-,25-22-,31-29-. The van der Waals surface area contributed by atoms with E-state index in [-0.39, 0.29) is 19.4 Å². The van der Waals surface area contributed by atoms with E-state index in [1.807, 2.05) is 12.2 Å². The SMILES string of the molecule is CC/C=C\C/C=C\C/C=C\C/C=C\CCC(=O)OC(COC(=O)CCCCCCCCC/C=C\C/C=C\CCCCC)COP(=O)(O)OC. The van der Waals surface area contributed by atoms with Crippen molar-refractivity contribution in [1.82, 2.24) is 0 Å². The van der Waals surface area contributed by atoms with Gasteiger partial charge in [-0.15, -0.1) is 0 Å². The second kappa shape index (κ2) is 35.3. The topological polar surface area (TPSA) is 108 Å². The maximum Gasteiger partial charge on any atom is 0.472 e. The van der Waals surface area contributed by atoms with E-state index >= 15 is 0 Å². The Kier molecular flexibility index (Phi) is 33.5. The van der Waals surface area contributed by atoms with E-state index in [0.29, 0.717) is 6.42 Å². The lowest BCUT2D eigenvalue weighted by molar-refractivity contribution is -0.161. The van der Waals surface area contributed by atoms with Gasteiger partial charge in [-0.05, 0) is 70.6 Å². The Hall–Kier alpha value is -2.51. The highest BCUT2D eigenvalue weighted by Crippen LogP contribution is 2.42. The van der Waals surface area contributed by atoms with E-state index in [9.17, 15) is 19.0 Å². The summed E-state index contributed by atoms with van der Waals surface area (Å²) in [5.74, 6) is -0.916. The van der Waals surface area contributed by atoms with Crippen molar-refractivity contribution in [1.29, 1.82) is 0 Å². The largest absolute Gasteiger partial charge is 0.472 e. The average Bonchev–Trinajstić information content (AvgIpc) is 3.09. The molecule has 0 aliphatic rings. The van der Waals surface area contributed by atoms with E-state index < -0.39 is 32.5 Å². The molecule has 0 aromatic heterocycles. The lowest BCUT2D eigenvalue weighted by Gasteiger charge is -2.19. The fraction of sp³-hybridized carbons (Fsp3) is 0.650. The fourth-order valence-electron chi connectivity index (χ4n) is 4.58. The molecule has 2 unspecified atom stereocenters. The molecular weight excluding hydrogens is 639 g/mol. The number of carbonyl (C=O) groups is 2. The molecule has 0 saturated heterocycles. The number of hydrogen-bond donors (Lipinski definition) is 1. The van der Waals surface area contributed by atoms with Crippen LogP contribution in [0.5, 0.6) is 0 Å². The predicted molar refractivity (Wildman–Crippen MR) is 202 cm³/mol. The molecule has 0 rings (SSSR count). The summed E-state index contributed by atoms with van der Waals surface area (Å²) in [6.45, 7) is 3.65. The van der Waals surface area contributed by atoms with Crippen LogP contribution < -0.4 is 0 Å². The molecule has 0 radical (unpaired) electrons. The Balaban J connectivity index is 4.17. The van der Waals surface area contributed by atoms with Gasteiger partial charge in [0.15, 0.2) is 6.10 Å². The molecule has 0 aliphatic carbocycles. The van der Waals surface area contributed by atoms with Crippen LogP contribution in [-0.2, 0) is 32.7 Å². The van der Waals surface area contributed by atoms with Crippen LogP contribution in [0.3, 0.4) is 0 Å². The molecule has 0 saturated carbocycles. The van der Waals surface area contributed by atoms with Crippen molar-refractivity contribution in [3.63, 3.8) is 0 Å². The highest BCUT2D eigenvalue weighted by atomic mass is 31.2. The summed E-state index contributed by atoms with van der Waals surface area (Å²) in [5, 5.41) is 0. The number of phosphoric ester groups is 1. The van der Waals surface area contributed by atoms with Crippen molar-refractivity contribution in [3.05, 3.63) is 72.9 Å². The second-order valence-electron chi connectivity index (χ2n) is 12.0. The predicted octanol–water partition coefficient (Wildman–Crippen LogP) is 11.4. The Labute approximate surface area is 298 Å². The summed E-state index contributed by atoms with van der Waals surface area (Å²) in [7, 11) is -3.24. The number of carbonyl (C=O) groups excluding carboxylic acids is 2. The highest BCUT2D eigenvalue weighted by Gasteiger charge is 2.24. The minimum absolute atomic E-state index is 0.118. The van der Waals surface area contributed by atoms with Crippen molar-refractivity contribution >= 4 is 19.8 Å². The normalized spacial score (nSPS) is 14.3. The molecule has 0 aromatic rings. The first-order valence-corrected chi connectivity index (χ1v) is 20.1. The van der Waals surface area contributed by atoms with Crippen LogP contribution in [0.2, 0.25) is 0 Å². The van der Waals surface area contributed by atoms with Gasteiger partial charge in [0, 0.05) is 20.0 Å². The Morgan fingerprint density at radius 3 is 1.63 bits per heavy atom. The van der Waals surface area contributed by atoms with Gasteiger partial charge in [-0.3, -0.25) is 18.6 Å². The zero-order chi connectivity index (χ0) is 36.1. The van der Waals surface area contributed by atoms with E-state index in [2.05, 4.69) is 79.1 Å². The molecule has 8 nitrogen and oxygen atoms in total. The van der Waals surface area contributed by atoms with Crippen molar-refractivity contribution in [2.75, 3.05) is 20.3 Å². The third kappa shape index (κ3) is 35.1. The molecule has 0 bridgehead atoms. The van der Waals surface area contributed by atoms with Crippen LogP contribution in [0, 0.1) is 0 Å². The van der Waals surface area contributed by atoms with Crippen molar-refractivity contribution in [3.8, 4) is 0 Å². The van der Waals surface area contributed by atoms with Gasteiger partial charge in [-0.2, -0.15) is 0 Å². The second-order valence-corrected chi connectivity index (χ2v) is 13.5. The number of rotatable bonds is 33. The first-order chi connectivity index (χ1) is 23.8. The number of esters is 2. The maximum atomic E-state index is 12.4. The maximum absolute atomic E-state index is 12.4. The molecule has 280 valence electrons. The number of ether oxygens (including phenoxy) is 2. The summed E-state index contributed by atoms with van der Waals surface area (Å²) in [6, 6.07) is 0. The summed E-state index contributed by atoms with van der Waals surface area (Å²) >= 11 is 0. The lowest BCUT2D eigenvalue weighted by atomic mass is 10.1. The highest BCUT2D eigenvalue weighted by molar-refractivity contribution is 7.47. The zero-order valence-electron chi connectivity index (χ0n) is 30.8. The van der Waals surface area contributed by atoms with Crippen LogP contribution in [0.15, 0.2) is 72.9 Å². The third-order valence-electron chi connectivity index (χ3n) is 7.45. The fourth-order valence-corrected chi connectivity index (χ4v) is 5.04. The van der Waals surface area contributed by atoms with E-state index in [1.54, 1.807) is 0 Å². The van der Waals surface area contributed by atoms with E-state index in [1.165, 1.54) is 44.9 Å². The minimum Gasteiger partial charge on any atom is -0.462 e. The van der Waals surface area contributed by atoms with Crippen LogP contribution in [0.1, 0.15) is 142 Å². The van der Waals surface area contributed by atoms with Gasteiger partial charge in [-0.25, -0.2) is 4.57 Å². The molecule has 0 aliphatic heterocycles. The van der Waals surface area contributed by atoms with Crippen LogP contribution in [0.4, 0.5) is 0 Å². The Morgan fingerprint density at radius 2 is 1.08 bits per heavy atom. The van der Waals surface area contributed by atoms with Gasteiger partial charge in [-0.1, -0.05) is 132 Å². The molecule has 0 aromatic carbocycles. The van der Waals surface area contributed by atoms with E-state index in [0.717, 1.165) is 71.3 Å². The van der Waals surface area contributed by atoms with Crippen molar-refractivity contribution < 1.29 is 37.6 Å². The molecule has 9 heteroatoms. The summed E-state index contributed by atoms with van der Waals surface area (Å²) in [6.07, 6.45) is 44.0. The lowest BCUT2D eigenvalue weighted by Crippen LogP contribution is -2.29. The van der Waals surface area contributed by atoms with Gasteiger partial charge >= 0.3 is 19.8 Å². The molecule has 0 amide bonds. The van der Waals surface area contributed by atoms with Gasteiger partial charge in [0.2, 0.25) is 0 Å². The zero-order valence-corrected chi connectivity index (χ0v) is 31.7. The molecule has 49 heavy (non-hydrogen) atoms. The summed E-state index contributed by atoms with van der Waals surface area (Å²) < 4.78 is 31.7. The number of allylic oxidation sites excluding steroid dienone is 12. The average molecular weight is 707 g/mol. The summed E-state index contributed by atoms with van der Waals surface area (Å²) in [5.41, 5.74) is 0. The molecule has 2 atom stereocenters.